The van der Waals surface area contributed by atoms with E-state index in [4.69, 9.17) is 0 Å². The number of hydrogen-bond donors (Lipinski definition) is 0. The van der Waals surface area contributed by atoms with Crippen LogP contribution in [0, 0.1) is 0 Å². The van der Waals surface area contributed by atoms with Crippen molar-refractivity contribution in [2.75, 3.05) is 0 Å². The summed E-state index contributed by atoms with van der Waals surface area (Å²) in [5.41, 5.74) is 2.35. The average molecular weight is 425 g/mol. The molecule has 1 aliphatic heterocycles. The first-order chi connectivity index (χ1) is 9.34. The second kappa shape index (κ2) is 5.16. The predicted octanol–water partition coefficient (Wildman–Crippen LogP) is 3.78. The number of hydrogen-bond acceptors (Lipinski definition) is 1. The zero-order valence-corrected chi connectivity index (χ0v) is 12.8. The van der Waals surface area contributed by atoms with Crippen molar-refractivity contribution in [2.24, 2.45) is 0 Å². The van der Waals surface area contributed by atoms with Crippen LogP contribution >= 0.6 is 0 Å². The molecule has 0 radical (unpaired) electrons. The first kappa shape index (κ1) is 12.4. The third kappa shape index (κ3) is 2.07. The Bertz CT molecular complexity index is 562. The molecule has 0 aromatic heterocycles. The fraction of sp³-hybridized carbons (Fsp3) is 0.0588. The van der Waals surface area contributed by atoms with E-state index < -0.39 is 0 Å². The summed E-state index contributed by atoms with van der Waals surface area (Å²) >= 11 is 2.12. The van der Waals surface area contributed by atoms with Crippen LogP contribution in [0.15, 0.2) is 85.1 Å². The van der Waals surface area contributed by atoms with Gasteiger partial charge >= 0.3 is 124 Å². The maximum atomic E-state index is 2.26. The van der Waals surface area contributed by atoms with E-state index in [-0.39, 0.29) is 5.54 Å². The van der Waals surface area contributed by atoms with Gasteiger partial charge in [0.2, 0.25) is 0 Å². The van der Waals surface area contributed by atoms with Gasteiger partial charge in [0.25, 0.3) is 0 Å². The minimum absolute atomic E-state index is 0.211. The molecule has 2 aromatic rings. The van der Waals surface area contributed by atoms with Crippen molar-refractivity contribution in [1.82, 2.24) is 3.57 Å². The van der Waals surface area contributed by atoms with Gasteiger partial charge in [-0.25, -0.2) is 0 Å². The first-order valence-electron chi connectivity index (χ1n) is 6.24. The SMILES string of the molecule is [Ir][N]1C=CC=CC1(c1ccccc1)c1ccccc1. The zero-order valence-electron chi connectivity index (χ0n) is 10.4. The molecule has 0 saturated heterocycles. The summed E-state index contributed by atoms with van der Waals surface area (Å²) in [4.78, 5) is 0. The fourth-order valence-corrected chi connectivity index (χ4v) is 3.48. The second-order valence-corrected chi connectivity index (χ2v) is 5.64. The van der Waals surface area contributed by atoms with Gasteiger partial charge in [-0.05, 0) is 0 Å². The van der Waals surface area contributed by atoms with Gasteiger partial charge in [-0.15, -0.1) is 0 Å². The van der Waals surface area contributed by atoms with Crippen LogP contribution in [-0.4, -0.2) is 3.57 Å². The zero-order chi connectivity index (χ0) is 13.1. The van der Waals surface area contributed by atoms with Gasteiger partial charge in [0.15, 0.2) is 0 Å². The van der Waals surface area contributed by atoms with Crippen LogP contribution in [0.25, 0.3) is 0 Å². The Labute approximate surface area is 124 Å². The van der Waals surface area contributed by atoms with Crippen molar-refractivity contribution in [2.45, 2.75) is 5.54 Å². The molecule has 0 atom stereocenters. The van der Waals surface area contributed by atoms with Crippen LogP contribution in [0.3, 0.4) is 0 Å². The summed E-state index contributed by atoms with van der Waals surface area (Å²) in [7, 11) is 0. The molecule has 2 aromatic carbocycles. The van der Waals surface area contributed by atoms with Crippen molar-refractivity contribution in [3.63, 3.8) is 0 Å². The molecule has 0 fully saturated rings. The quantitative estimate of drug-likeness (QED) is 0.709. The predicted molar refractivity (Wildman–Crippen MR) is 73.8 cm³/mol. The summed E-state index contributed by atoms with van der Waals surface area (Å²) in [5, 5.41) is 0. The minimum atomic E-state index is -0.211. The van der Waals surface area contributed by atoms with E-state index in [1.54, 1.807) is 0 Å². The molecule has 0 bridgehead atoms. The van der Waals surface area contributed by atoms with Crippen LogP contribution in [-0.2, 0) is 24.7 Å². The van der Waals surface area contributed by atoms with Crippen molar-refractivity contribution in [3.8, 4) is 0 Å². The summed E-state index contributed by atoms with van der Waals surface area (Å²) in [6.07, 6.45) is 8.59. The van der Waals surface area contributed by atoms with Gasteiger partial charge in [0, 0.05) is 0 Å². The summed E-state index contributed by atoms with van der Waals surface area (Å²) in [6, 6.07) is 21.3. The standard InChI is InChI=1S/C17H14N.Ir/c1-3-9-15(10-4-1)17(13-7-8-14-18-17)16-11-5-2-6-12-16;/h1-14H;/q-1;+1. The van der Waals surface area contributed by atoms with E-state index in [1.807, 2.05) is 0 Å². The van der Waals surface area contributed by atoms with E-state index >= 15 is 0 Å². The fourth-order valence-electron chi connectivity index (χ4n) is 2.48. The number of nitrogens with zero attached hydrogens (tertiary/aromatic N) is 1. The van der Waals surface area contributed by atoms with Gasteiger partial charge < -0.3 is 0 Å². The molecule has 0 aliphatic carbocycles. The molecule has 2 heteroatoms. The van der Waals surface area contributed by atoms with Crippen LogP contribution in [0.1, 0.15) is 11.1 Å². The molecule has 0 unspecified atom stereocenters. The van der Waals surface area contributed by atoms with Crippen LogP contribution in [0.4, 0.5) is 0 Å². The van der Waals surface area contributed by atoms with Gasteiger partial charge in [-0.3, -0.25) is 0 Å². The van der Waals surface area contributed by atoms with E-state index in [1.165, 1.54) is 11.1 Å². The Morgan fingerprint density at radius 1 is 0.737 bits per heavy atom. The molecule has 96 valence electrons. The van der Waals surface area contributed by atoms with Crippen LogP contribution in [0.5, 0.6) is 0 Å². The van der Waals surface area contributed by atoms with Gasteiger partial charge in [-0.2, -0.15) is 0 Å². The number of allylic oxidation sites excluding steroid dienone is 2. The Morgan fingerprint density at radius 2 is 1.26 bits per heavy atom. The molecule has 19 heavy (non-hydrogen) atoms. The maximum absolute atomic E-state index is 2.26. The molecule has 0 amide bonds. The molecule has 0 spiro atoms. The first-order valence-corrected chi connectivity index (χ1v) is 7.31. The van der Waals surface area contributed by atoms with Crippen LogP contribution < -0.4 is 0 Å². The molecular weight excluding hydrogens is 410 g/mol. The molecular formula is C17H14IrN. The monoisotopic (exact) mass is 425 g/mol. The van der Waals surface area contributed by atoms with Crippen molar-refractivity contribution in [1.29, 1.82) is 0 Å². The number of benzene rings is 2. The molecule has 1 nitrogen and oxygen atoms in total. The van der Waals surface area contributed by atoms with E-state index in [9.17, 15) is 0 Å². The topological polar surface area (TPSA) is 3.24 Å². The van der Waals surface area contributed by atoms with Crippen molar-refractivity contribution >= 4 is 0 Å². The average Bonchev–Trinajstić information content (AvgIpc) is 2.50. The van der Waals surface area contributed by atoms with Gasteiger partial charge in [-0.1, -0.05) is 0 Å². The Balaban J connectivity index is 2.23. The van der Waals surface area contributed by atoms with Gasteiger partial charge in [0.1, 0.15) is 0 Å². The van der Waals surface area contributed by atoms with Gasteiger partial charge in [0.05, 0.1) is 0 Å². The Kier molecular flexibility index (Phi) is 3.37. The molecule has 3 rings (SSSR count). The molecule has 1 aliphatic rings. The van der Waals surface area contributed by atoms with Crippen molar-refractivity contribution < 1.29 is 19.1 Å². The summed E-state index contributed by atoms with van der Waals surface area (Å²) in [6.45, 7) is 0. The molecule has 0 N–H and O–H groups in total. The number of rotatable bonds is 2. The third-order valence-corrected chi connectivity index (χ3v) is 4.61. The van der Waals surface area contributed by atoms with E-state index in [0.29, 0.717) is 0 Å². The van der Waals surface area contributed by atoms with Crippen LogP contribution in [0.2, 0.25) is 0 Å². The van der Waals surface area contributed by atoms with E-state index in [2.05, 4.69) is 108 Å². The van der Waals surface area contributed by atoms with E-state index in [0.717, 1.165) is 0 Å². The summed E-state index contributed by atoms with van der Waals surface area (Å²) < 4.78 is 2.26. The molecule has 0 saturated carbocycles. The summed E-state index contributed by atoms with van der Waals surface area (Å²) in [5.74, 6) is 0. The van der Waals surface area contributed by atoms with Crippen molar-refractivity contribution in [3.05, 3.63) is 96.2 Å². The Hall–Kier alpha value is -1.63. The second-order valence-electron chi connectivity index (χ2n) is 4.49. The Morgan fingerprint density at radius 3 is 1.74 bits per heavy atom. The molecule has 1 heterocycles. The normalized spacial score (nSPS) is 16.6. The third-order valence-electron chi connectivity index (χ3n) is 3.41.